The largest absolute Gasteiger partial charge is 0.481 e. The second-order valence-corrected chi connectivity index (χ2v) is 6.70. The minimum absolute atomic E-state index is 0.0161. The third kappa shape index (κ3) is 3.57. The van der Waals surface area contributed by atoms with E-state index in [9.17, 15) is 19.8 Å². The molecule has 2 N–H and O–H groups in total. The van der Waals surface area contributed by atoms with E-state index in [4.69, 9.17) is 0 Å². The molecule has 5 heteroatoms. The Bertz CT molecular complexity index is 388. The summed E-state index contributed by atoms with van der Waals surface area (Å²) < 4.78 is 0. The van der Waals surface area contributed by atoms with Crippen molar-refractivity contribution in [2.75, 3.05) is 13.1 Å². The summed E-state index contributed by atoms with van der Waals surface area (Å²) in [6.07, 6.45) is 3.58. The summed E-state index contributed by atoms with van der Waals surface area (Å²) in [7, 11) is 0. The second kappa shape index (κ2) is 6.77. The van der Waals surface area contributed by atoms with Crippen LogP contribution in [0.5, 0.6) is 0 Å². The number of likely N-dealkylation sites (tertiary alicyclic amines) is 1. The van der Waals surface area contributed by atoms with Crippen LogP contribution in [0.1, 0.15) is 46.0 Å². The number of hydrogen-bond donors (Lipinski definition) is 2. The fourth-order valence-electron chi connectivity index (χ4n) is 3.86. The zero-order chi connectivity index (χ0) is 15.6. The number of carbonyl (C=O) groups excluding carboxylic acids is 1. The highest BCUT2D eigenvalue weighted by Crippen LogP contribution is 2.40. The van der Waals surface area contributed by atoms with Gasteiger partial charge in [0.05, 0.1) is 17.9 Å². The zero-order valence-electron chi connectivity index (χ0n) is 13.0. The van der Waals surface area contributed by atoms with E-state index in [1.54, 1.807) is 6.92 Å². The topological polar surface area (TPSA) is 77.8 Å². The van der Waals surface area contributed by atoms with Gasteiger partial charge in [-0.1, -0.05) is 13.3 Å². The Balaban J connectivity index is 1.97. The number of amides is 1. The van der Waals surface area contributed by atoms with Crippen LogP contribution in [0.2, 0.25) is 0 Å². The summed E-state index contributed by atoms with van der Waals surface area (Å²) in [5, 5.41) is 19.0. The zero-order valence-corrected chi connectivity index (χ0v) is 13.0. The van der Waals surface area contributed by atoms with Crippen LogP contribution in [-0.4, -0.2) is 46.2 Å². The van der Waals surface area contributed by atoms with Crippen LogP contribution < -0.4 is 0 Å². The monoisotopic (exact) mass is 297 g/mol. The lowest BCUT2D eigenvalue weighted by molar-refractivity contribution is -0.149. The Morgan fingerprint density at radius 2 is 1.76 bits per heavy atom. The van der Waals surface area contributed by atoms with Crippen LogP contribution in [0.25, 0.3) is 0 Å². The van der Waals surface area contributed by atoms with Crippen LogP contribution in [-0.2, 0) is 9.59 Å². The molecule has 4 atom stereocenters. The summed E-state index contributed by atoms with van der Waals surface area (Å²) in [5.74, 6) is -1.07. The molecule has 1 amide bonds. The highest BCUT2D eigenvalue weighted by molar-refractivity contribution is 5.85. The normalized spacial score (nSPS) is 32.1. The van der Waals surface area contributed by atoms with Crippen LogP contribution in [0.3, 0.4) is 0 Å². The van der Waals surface area contributed by atoms with Crippen molar-refractivity contribution in [1.29, 1.82) is 0 Å². The van der Waals surface area contributed by atoms with E-state index in [0.717, 1.165) is 19.3 Å². The van der Waals surface area contributed by atoms with Gasteiger partial charge in [-0.25, -0.2) is 0 Å². The summed E-state index contributed by atoms with van der Waals surface area (Å²) in [5.41, 5.74) is 0. The number of carboxylic acid groups (broad SMARTS) is 1. The lowest BCUT2D eigenvalue weighted by Gasteiger charge is -2.35. The first kappa shape index (κ1) is 16.3. The summed E-state index contributed by atoms with van der Waals surface area (Å²) in [4.78, 5) is 25.9. The van der Waals surface area contributed by atoms with Crippen LogP contribution >= 0.6 is 0 Å². The van der Waals surface area contributed by atoms with Gasteiger partial charge in [-0.2, -0.15) is 0 Å². The predicted octanol–water partition coefficient (Wildman–Crippen LogP) is 1.74. The molecule has 120 valence electrons. The molecule has 0 bridgehead atoms. The maximum Gasteiger partial charge on any atom is 0.307 e. The van der Waals surface area contributed by atoms with Crippen molar-refractivity contribution in [3.63, 3.8) is 0 Å². The van der Waals surface area contributed by atoms with Crippen molar-refractivity contribution in [2.24, 2.45) is 23.7 Å². The summed E-state index contributed by atoms with van der Waals surface area (Å²) in [6.45, 7) is 5.15. The summed E-state index contributed by atoms with van der Waals surface area (Å²) >= 11 is 0. The fourth-order valence-corrected chi connectivity index (χ4v) is 3.86. The van der Waals surface area contributed by atoms with E-state index >= 15 is 0 Å². The molecule has 1 aliphatic heterocycles. The maximum absolute atomic E-state index is 12.7. The van der Waals surface area contributed by atoms with Crippen LogP contribution in [0.4, 0.5) is 0 Å². The molecule has 2 fully saturated rings. The van der Waals surface area contributed by atoms with Gasteiger partial charge in [-0.05, 0) is 44.4 Å². The van der Waals surface area contributed by atoms with Crippen molar-refractivity contribution < 1.29 is 19.8 Å². The third-order valence-corrected chi connectivity index (χ3v) is 5.41. The minimum Gasteiger partial charge on any atom is -0.481 e. The lowest BCUT2D eigenvalue weighted by Crippen LogP contribution is -2.45. The van der Waals surface area contributed by atoms with Gasteiger partial charge in [0.15, 0.2) is 0 Å². The first-order chi connectivity index (χ1) is 9.93. The van der Waals surface area contributed by atoms with E-state index in [-0.39, 0.29) is 23.8 Å². The highest BCUT2D eigenvalue weighted by Gasteiger charge is 2.44. The Kier molecular flexibility index (Phi) is 5.25. The molecule has 4 unspecified atom stereocenters. The second-order valence-electron chi connectivity index (χ2n) is 6.70. The smallest absolute Gasteiger partial charge is 0.307 e. The number of carboxylic acids is 1. The van der Waals surface area contributed by atoms with Gasteiger partial charge in [-0.3, -0.25) is 9.59 Å². The molecular weight excluding hydrogens is 270 g/mol. The molecule has 0 aromatic rings. The average Bonchev–Trinajstić information content (AvgIpc) is 2.91. The summed E-state index contributed by atoms with van der Waals surface area (Å²) in [6, 6.07) is 0. The molecule has 1 saturated carbocycles. The Morgan fingerprint density at radius 3 is 2.24 bits per heavy atom. The number of aliphatic hydroxyl groups is 1. The number of rotatable bonds is 4. The quantitative estimate of drug-likeness (QED) is 0.828. The van der Waals surface area contributed by atoms with E-state index in [1.807, 2.05) is 4.90 Å². The molecule has 0 spiro atoms. The number of piperidine rings is 1. The Morgan fingerprint density at radius 1 is 1.19 bits per heavy atom. The van der Waals surface area contributed by atoms with Gasteiger partial charge in [0.25, 0.3) is 0 Å². The molecule has 21 heavy (non-hydrogen) atoms. The van der Waals surface area contributed by atoms with Gasteiger partial charge >= 0.3 is 5.97 Å². The van der Waals surface area contributed by atoms with Crippen molar-refractivity contribution in [2.45, 2.75) is 52.1 Å². The van der Waals surface area contributed by atoms with Crippen molar-refractivity contribution >= 4 is 11.9 Å². The van der Waals surface area contributed by atoms with Gasteiger partial charge in [0.1, 0.15) is 0 Å². The van der Waals surface area contributed by atoms with E-state index in [0.29, 0.717) is 31.8 Å². The SMILES string of the molecule is CCC1CC(C(=O)O)C(C(=O)N2CCC(C(C)O)CC2)C1. The maximum atomic E-state index is 12.7. The molecule has 0 aromatic heterocycles. The lowest BCUT2D eigenvalue weighted by atomic mass is 9.89. The Labute approximate surface area is 126 Å². The molecule has 5 nitrogen and oxygen atoms in total. The van der Waals surface area contributed by atoms with E-state index in [1.165, 1.54) is 0 Å². The number of nitrogens with zero attached hydrogens (tertiary/aromatic N) is 1. The standard InChI is InChI=1S/C16H27NO4/c1-3-11-8-13(14(9-11)16(20)21)15(19)17-6-4-12(5-7-17)10(2)18/h10-14,18H,3-9H2,1-2H3,(H,20,21). The minimum atomic E-state index is -0.830. The number of aliphatic hydroxyl groups excluding tert-OH is 1. The average molecular weight is 297 g/mol. The molecule has 2 rings (SSSR count). The Hall–Kier alpha value is -1.10. The number of carbonyl (C=O) groups is 2. The van der Waals surface area contributed by atoms with Crippen molar-refractivity contribution in [3.8, 4) is 0 Å². The molecule has 0 aromatic carbocycles. The third-order valence-electron chi connectivity index (χ3n) is 5.41. The van der Waals surface area contributed by atoms with Gasteiger partial charge < -0.3 is 15.1 Å². The number of hydrogen-bond acceptors (Lipinski definition) is 3. The van der Waals surface area contributed by atoms with Gasteiger partial charge in [0, 0.05) is 13.1 Å². The van der Waals surface area contributed by atoms with E-state index in [2.05, 4.69) is 6.92 Å². The molecular formula is C16H27NO4. The predicted molar refractivity (Wildman–Crippen MR) is 78.6 cm³/mol. The molecule has 2 aliphatic rings. The van der Waals surface area contributed by atoms with Crippen LogP contribution in [0.15, 0.2) is 0 Å². The highest BCUT2D eigenvalue weighted by atomic mass is 16.4. The van der Waals surface area contributed by atoms with Gasteiger partial charge in [0.2, 0.25) is 5.91 Å². The molecule has 1 heterocycles. The molecule has 1 aliphatic carbocycles. The molecule has 1 saturated heterocycles. The van der Waals surface area contributed by atoms with Gasteiger partial charge in [-0.15, -0.1) is 0 Å². The van der Waals surface area contributed by atoms with Crippen molar-refractivity contribution in [3.05, 3.63) is 0 Å². The molecule has 0 radical (unpaired) electrons. The first-order valence-electron chi connectivity index (χ1n) is 8.13. The first-order valence-corrected chi connectivity index (χ1v) is 8.13. The van der Waals surface area contributed by atoms with E-state index < -0.39 is 11.9 Å². The van der Waals surface area contributed by atoms with Crippen LogP contribution in [0, 0.1) is 23.7 Å². The number of aliphatic carboxylic acids is 1. The fraction of sp³-hybridized carbons (Fsp3) is 0.875. The van der Waals surface area contributed by atoms with Crippen molar-refractivity contribution in [1.82, 2.24) is 4.90 Å².